The molecule has 1 unspecified atom stereocenters. The molecule has 13 heavy (non-hydrogen) atoms. The van der Waals surface area contributed by atoms with Gasteiger partial charge in [0.1, 0.15) is 5.82 Å². The molecule has 0 spiro atoms. The molecule has 0 aromatic carbocycles. The maximum Gasteiger partial charge on any atom is 0.252 e. The Balaban J connectivity index is 2.73. The number of anilines is 1. The van der Waals surface area contributed by atoms with Crippen molar-refractivity contribution < 1.29 is 4.79 Å². The molecule has 0 aliphatic carbocycles. The van der Waals surface area contributed by atoms with E-state index in [0.29, 0.717) is 12.4 Å². The van der Waals surface area contributed by atoms with Gasteiger partial charge in [-0.25, -0.2) is 0 Å². The van der Waals surface area contributed by atoms with Crippen LogP contribution in [0.2, 0.25) is 0 Å². The molecule has 3 N–H and O–H groups in total. The molecule has 1 aromatic heterocycles. The zero-order valence-corrected chi connectivity index (χ0v) is 7.82. The number of hydrogen-bond acceptors (Lipinski definition) is 4. The third kappa shape index (κ3) is 2.06. The van der Waals surface area contributed by atoms with Gasteiger partial charge < -0.3 is 11.1 Å². The highest BCUT2D eigenvalue weighted by Crippen LogP contribution is 2.04. The molecule has 1 heterocycles. The van der Waals surface area contributed by atoms with Gasteiger partial charge in [-0.1, -0.05) is 6.92 Å². The molecule has 0 aliphatic heterocycles. The van der Waals surface area contributed by atoms with Crippen LogP contribution in [-0.2, 0) is 0 Å². The monoisotopic (exact) mass is 182 g/mol. The number of nitrogen functional groups attached to an aromatic ring is 1. The van der Waals surface area contributed by atoms with Crippen LogP contribution in [0, 0.1) is 5.92 Å². The molecular weight excluding hydrogens is 168 g/mol. The topological polar surface area (TPSA) is 72.9 Å². The first-order valence-electron chi connectivity index (χ1n) is 4.15. The van der Waals surface area contributed by atoms with Crippen LogP contribution >= 0.6 is 0 Å². The Bertz CT molecular complexity index is 294. The largest absolute Gasteiger partial charge is 0.383 e. The third-order valence-electron chi connectivity index (χ3n) is 1.81. The highest BCUT2D eigenvalue weighted by molar-refractivity contribution is 5.82. The molecule has 0 saturated carbocycles. The Hall–Kier alpha value is -1.36. The molecule has 72 valence electrons. The minimum atomic E-state index is -0.118. The molecule has 5 nitrogen and oxygen atoms in total. The molecule has 1 rings (SSSR count). The summed E-state index contributed by atoms with van der Waals surface area (Å²) < 4.78 is 1.22. The second-order valence-electron chi connectivity index (χ2n) is 2.96. The fraction of sp³-hybridized carbons (Fsp3) is 0.500. The zero-order chi connectivity index (χ0) is 9.84. The smallest absolute Gasteiger partial charge is 0.252 e. The fourth-order valence-corrected chi connectivity index (χ4v) is 1.10. The number of carbonyl (C=O) groups excluding carboxylic acids is 1. The number of rotatable bonds is 3. The summed E-state index contributed by atoms with van der Waals surface area (Å²) in [4.78, 5) is 11.6. The Morgan fingerprint density at radius 1 is 1.85 bits per heavy atom. The van der Waals surface area contributed by atoms with E-state index >= 15 is 0 Å². The minimum absolute atomic E-state index is 0.0862. The lowest BCUT2D eigenvalue weighted by molar-refractivity contribution is 0.0831. The van der Waals surface area contributed by atoms with Gasteiger partial charge in [0.2, 0.25) is 0 Å². The quantitative estimate of drug-likeness (QED) is 0.688. The van der Waals surface area contributed by atoms with E-state index in [0.717, 1.165) is 0 Å². The van der Waals surface area contributed by atoms with Crippen molar-refractivity contribution in [3.05, 3.63) is 12.3 Å². The summed E-state index contributed by atoms with van der Waals surface area (Å²) in [5.41, 5.74) is 5.53. The first kappa shape index (κ1) is 9.73. The molecule has 0 bridgehead atoms. The second kappa shape index (κ2) is 4.04. The summed E-state index contributed by atoms with van der Waals surface area (Å²) in [5.74, 6) is 0.178. The maximum absolute atomic E-state index is 11.6. The van der Waals surface area contributed by atoms with Gasteiger partial charge >= 0.3 is 0 Å². The summed E-state index contributed by atoms with van der Waals surface area (Å²) in [7, 11) is 1.80. The van der Waals surface area contributed by atoms with Crippen molar-refractivity contribution in [2.45, 2.75) is 6.92 Å². The third-order valence-corrected chi connectivity index (χ3v) is 1.81. The van der Waals surface area contributed by atoms with Crippen LogP contribution in [0.1, 0.15) is 11.7 Å². The van der Waals surface area contributed by atoms with Crippen molar-refractivity contribution in [2.24, 2.45) is 5.92 Å². The predicted molar refractivity (Wildman–Crippen MR) is 50.4 cm³/mol. The lowest BCUT2D eigenvalue weighted by atomic mass is 10.1. The van der Waals surface area contributed by atoms with Gasteiger partial charge in [0.15, 0.2) is 0 Å². The average Bonchev–Trinajstić information content (AvgIpc) is 2.50. The van der Waals surface area contributed by atoms with E-state index in [9.17, 15) is 4.79 Å². The van der Waals surface area contributed by atoms with Gasteiger partial charge in [0, 0.05) is 12.6 Å². The second-order valence-corrected chi connectivity index (χ2v) is 2.96. The summed E-state index contributed by atoms with van der Waals surface area (Å²) in [6.07, 6.45) is 1.51. The van der Waals surface area contributed by atoms with Crippen molar-refractivity contribution >= 4 is 11.7 Å². The molecule has 0 aliphatic rings. The van der Waals surface area contributed by atoms with Crippen molar-refractivity contribution in [3.63, 3.8) is 0 Å². The van der Waals surface area contributed by atoms with Crippen LogP contribution in [0.3, 0.4) is 0 Å². The molecule has 0 saturated heterocycles. The first-order valence-corrected chi connectivity index (χ1v) is 4.15. The Morgan fingerprint density at radius 3 is 3.00 bits per heavy atom. The van der Waals surface area contributed by atoms with Crippen molar-refractivity contribution in [3.8, 4) is 0 Å². The van der Waals surface area contributed by atoms with Crippen LogP contribution < -0.4 is 11.1 Å². The SMILES string of the molecule is CNCC(C)C(=O)n1nccc1N. The van der Waals surface area contributed by atoms with Crippen LogP contribution in [0.4, 0.5) is 5.82 Å². The first-order chi connectivity index (χ1) is 6.16. The summed E-state index contributed by atoms with van der Waals surface area (Å²) >= 11 is 0. The van der Waals surface area contributed by atoms with E-state index in [1.54, 1.807) is 13.1 Å². The number of nitrogens with two attached hydrogens (primary N) is 1. The standard InChI is InChI=1S/C8H14N4O/c1-6(5-10-2)8(13)12-7(9)3-4-11-12/h3-4,6,10H,5,9H2,1-2H3. The Morgan fingerprint density at radius 2 is 2.54 bits per heavy atom. The predicted octanol–water partition coefficient (Wildman–Crippen LogP) is -0.0390. The lowest BCUT2D eigenvalue weighted by Crippen LogP contribution is -2.29. The molecule has 1 aromatic rings. The van der Waals surface area contributed by atoms with Crippen LogP contribution in [0.5, 0.6) is 0 Å². The van der Waals surface area contributed by atoms with E-state index in [1.165, 1.54) is 10.9 Å². The highest BCUT2D eigenvalue weighted by Gasteiger charge is 2.16. The maximum atomic E-state index is 11.6. The molecule has 0 radical (unpaired) electrons. The number of hydrogen-bond donors (Lipinski definition) is 2. The number of aromatic nitrogens is 2. The van der Waals surface area contributed by atoms with E-state index in [4.69, 9.17) is 5.73 Å². The van der Waals surface area contributed by atoms with Crippen molar-refractivity contribution in [1.29, 1.82) is 0 Å². The van der Waals surface area contributed by atoms with Gasteiger partial charge in [-0.15, -0.1) is 0 Å². The van der Waals surface area contributed by atoms with Gasteiger partial charge in [0.25, 0.3) is 5.91 Å². The fourth-order valence-electron chi connectivity index (χ4n) is 1.10. The van der Waals surface area contributed by atoms with E-state index < -0.39 is 0 Å². The number of carbonyl (C=O) groups is 1. The Labute approximate surface area is 76.9 Å². The molecule has 0 fully saturated rings. The van der Waals surface area contributed by atoms with Crippen LogP contribution in [0.15, 0.2) is 12.3 Å². The number of nitrogens with one attached hydrogen (secondary N) is 1. The Kier molecular flexibility index (Phi) is 3.02. The molecular formula is C8H14N4O. The molecule has 5 heteroatoms. The highest BCUT2D eigenvalue weighted by atomic mass is 16.2. The van der Waals surface area contributed by atoms with E-state index in [-0.39, 0.29) is 11.8 Å². The van der Waals surface area contributed by atoms with Gasteiger partial charge in [-0.2, -0.15) is 9.78 Å². The van der Waals surface area contributed by atoms with Crippen LogP contribution in [0.25, 0.3) is 0 Å². The number of nitrogens with zero attached hydrogens (tertiary/aromatic N) is 2. The van der Waals surface area contributed by atoms with Gasteiger partial charge in [-0.05, 0) is 7.05 Å². The summed E-state index contributed by atoms with van der Waals surface area (Å²) in [6, 6.07) is 1.60. The van der Waals surface area contributed by atoms with Gasteiger partial charge in [0.05, 0.1) is 12.1 Å². The average molecular weight is 182 g/mol. The normalized spacial score (nSPS) is 12.8. The van der Waals surface area contributed by atoms with E-state index in [2.05, 4.69) is 10.4 Å². The minimum Gasteiger partial charge on any atom is -0.383 e. The lowest BCUT2D eigenvalue weighted by Gasteiger charge is -2.09. The van der Waals surface area contributed by atoms with E-state index in [1.807, 2.05) is 6.92 Å². The zero-order valence-electron chi connectivity index (χ0n) is 7.82. The molecule has 0 amide bonds. The summed E-state index contributed by atoms with van der Waals surface area (Å²) in [5, 5.41) is 6.76. The van der Waals surface area contributed by atoms with Crippen molar-refractivity contribution in [2.75, 3.05) is 19.3 Å². The molecule has 1 atom stereocenters. The summed E-state index contributed by atoms with van der Waals surface area (Å²) in [6.45, 7) is 2.46. The van der Waals surface area contributed by atoms with Crippen LogP contribution in [-0.4, -0.2) is 29.3 Å². The van der Waals surface area contributed by atoms with Gasteiger partial charge in [-0.3, -0.25) is 4.79 Å². The van der Waals surface area contributed by atoms with Crippen molar-refractivity contribution in [1.82, 2.24) is 15.1 Å².